The van der Waals surface area contributed by atoms with Gasteiger partial charge in [-0.25, -0.2) is 0 Å². The van der Waals surface area contributed by atoms with Crippen LogP contribution < -0.4 is 0 Å². The van der Waals surface area contributed by atoms with E-state index in [1.807, 2.05) is 0 Å². The van der Waals surface area contributed by atoms with Crippen LogP contribution in [0.3, 0.4) is 0 Å². The quantitative estimate of drug-likeness (QED) is 0.609. The van der Waals surface area contributed by atoms with Crippen LogP contribution >= 0.6 is 0 Å². The van der Waals surface area contributed by atoms with Crippen molar-refractivity contribution in [3.05, 3.63) is 48.0 Å². The lowest BCUT2D eigenvalue weighted by atomic mass is 9.80. The second-order valence-corrected chi connectivity index (χ2v) is 4.38. The van der Waals surface area contributed by atoms with E-state index in [1.54, 1.807) is 0 Å². The number of allylic oxidation sites excluding steroid dienone is 1. The molecular weight excluding hydrogens is 156 g/mol. The van der Waals surface area contributed by atoms with E-state index in [4.69, 9.17) is 0 Å². The zero-order chi connectivity index (χ0) is 9.90. The van der Waals surface area contributed by atoms with Crippen molar-refractivity contribution >= 4 is 0 Å². The van der Waals surface area contributed by atoms with Gasteiger partial charge in [-0.2, -0.15) is 0 Å². The molecule has 0 saturated heterocycles. The Labute approximate surface area is 81.3 Å². The van der Waals surface area contributed by atoms with Crippen LogP contribution in [-0.4, -0.2) is 0 Å². The summed E-state index contributed by atoms with van der Waals surface area (Å²) < 4.78 is 0. The van der Waals surface area contributed by atoms with Gasteiger partial charge in [0.2, 0.25) is 0 Å². The maximum atomic E-state index is 3.97. The fraction of sp³-hybridized carbons (Fsp3) is 0.385. The molecule has 0 aliphatic rings. The summed E-state index contributed by atoms with van der Waals surface area (Å²) >= 11 is 0. The standard InChI is InChI=1S/C13H18/c1-11(2)10-13(3,4)12-8-6-5-7-9-12/h5-9H,1,10H2,2-4H3. The zero-order valence-electron chi connectivity index (χ0n) is 8.80. The molecule has 1 aromatic carbocycles. The van der Waals surface area contributed by atoms with E-state index in [2.05, 4.69) is 57.7 Å². The highest BCUT2D eigenvalue weighted by molar-refractivity contribution is 5.25. The molecule has 0 unspecified atom stereocenters. The summed E-state index contributed by atoms with van der Waals surface area (Å²) in [5.41, 5.74) is 2.85. The Bertz CT molecular complexity index is 280. The van der Waals surface area contributed by atoms with Crippen LogP contribution in [0.15, 0.2) is 42.5 Å². The average molecular weight is 174 g/mol. The van der Waals surface area contributed by atoms with Crippen molar-refractivity contribution in [2.75, 3.05) is 0 Å². The summed E-state index contributed by atoms with van der Waals surface area (Å²) in [5.74, 6) is 0. The second-order valence-electron chi connectivity index (χ2n) is 4.38. The Balaban J connectivity index is 2.87. The molecule has 1 rings (SSSR count). The summed E-state index contributed by atoms with van der Waals surface area (Å²) in [6, 6.07) is 10.6. The molecule has 0 nitrogen and oxygen atoms in total. The third-order valence-electron chi connectivity index (χ3n) is 2.30. The van der Waals surface area contributed by atoms with Gasteiger partial charge in [0.05, 0.1) is 0 Å². The highest BCUT2D eigenvalue weighted by Gasteiger charge is 2.19. The van der Waals surface area contributed by atoms with Crippen LogP contribution in [-0.2, 0) is 5.41 Å². The van der Waals surface area contributed by atoms with E-state index in [-0.39, 0.29) is 5.41 Å². The molecule has 0 aromatic heterocycles. The molecule has 0 radical (unpaired) electrons. The Morgan fingerprint density at radius 3 is 2.23 bits per heavy atom. The maximum Gasteiger partial charge on any atom is -0.00667 e. The molecule has 0 N–H and O–H groups in total. The van der Waals surface area contributed by atoms with E-state index < -0.39 is 0 Å². The van der Waals surface area contributed by atoms with Crippen molar-refractivity contribution in [1.82, 2.24) is 0 Å². The van der Waals surface area contributed by atoms with Gasteiger partial charge in [0.15, 0.2) is 0 Å². The molecule has 1 aromatic rings. The van der Waals surface area contributed by atoms with Crippen molar-refractivity contribution in [2.24, 2.45) is 0 Å². The topological polar surface area (TPSA) is 0 Å². The van der Waals surface area contributed by atoms with E-state index in [0.29, 0.717) is 0 Å². The molecule has 70 valence electrons. The Morgan fingerprint density at radius 2 is 1.77 bits per heavy atom. The van der Waals surface area contributed by atoms with Crippen molar-refractivity contribution in [3.8, 4) is 0 Å². The van der Waals surface area contributed by atoms with Gasteiger partial charge in [0, 0.05) is 0 Å². The number of benzene rings is 1. The van der Waals surface area contributed by atoms with E-state index in [0.717, 1.165) is 6.42 Å². The van der Waals surface area contributed by atoms with E-state index in [1.165, 1.54) is 11.1 Å². The molecule has 0 saturated carbocycles. The highest BCUT2D eigenvalue weighted by atomic mass is 14.2. The molecule has 0 spiro atoms. The predicted molar refractivity (Wildman–Crippen MR) is 58.9 cm³/mol. The van der Waals surface area contributed by atoms with Crippen LogP contribution in [0, 0.1) is 0 Å². The molecule has 0 heteroatoms. The number of hydrogen-bond donors (Lipinski definition) is 0. The summed E-state index contributed by atoms with van der Waals surface area (Å²) in [5, 5.41) is 0. The van der Waals surface area contributed by atoms with Crippen LogP contribution in [0.25, 0.3) is 0 Å². The molecule has 0 amide bonds. The molecule has 0 aliphatic carbocycles. The Hall–Kier alpha value is -1.04. The largest absolute Gasteiger partial charge is 0.100 e. The first-order valence-electron chi connectivity index (χ1n) is 4.72. The summed E-state index contributed by atoms with van der Waals surface area (Å²) in [7, 11) is 0. The zero-order valence-corrected chi connectivity index (χ0v) is 8.80. The van der Waals surface area contributed by atoms with Gasteiger partial charge < -0.3 is 0 Å². The first-order valence-corrected chi connectivity index (χ1v) is 4.72. The minimum atomic E-state index is 0.215. The second kappa shape index (κ2) is 3.78. The molecule has 0 bridgehead atoms. The van der Waals surface area contributed by atoms with E-state index >= 15 is 0 Å². The van der Waals surface area contributed by atoms with Gasteiger partial charge in [-0.3, -0.25) is 0 Å². The molecule has 0 atom stereocenters. The van der Waals surface area contributed by atoms with Crippen LogP contribution in [0.5, 0.6) is 0 Å². The first kappa shape index (κ1) is 10.0. The summed E-state index contributed by atoms with van der Waals surface area (Å²) in [4.78, 5) is 0. The molecular formula is C13H18. The van der Waals surface area contributed by atoms with Gasteiger partial charge in [-0.05, 0) is 24.3 Å². The first-order chi connectivity index (χ1) is 6.02. The molecule has 13 heavy (non-hydrogen) atoms. The van der Waals surface area contributed by atoms with Gasteiger partial charge in [-0.1, -0.05) is 49.8 Å². The van der Waals surface area contributed by atoms with Gasteiger partial charge in [0.1, 0.15) is 0 Å². The fourth-order valence-electron chi connectivity index (χ4n) is 1.75. The lowest BCUT2D eigenvalue weighted by Crippen LogP contribution is -2.16. The monoisotopic (exact) mass is 174 g/mol. The van der Waals surface area contributed by atoms with E-state index in [9.17, 15) is 0 Å². The lowest BCUT2D eigenvalue weighted by molar-refractivity contribution is 0.520. The smallest absolute Gasteiger partial charge is 0.00667 e. The average Bonchev–Trinajstić information content (AvgIpc) is 2.04. The molecule has 0 fully saturated rings. The van der Waals surface area contributed by atoms with Crippen molar-refractivity contribution < 1.29 is 0 Å². The van der Waals surface area contributed by atoms with Gasteiger partial charge in [-0.15, -0.1) is 6.58 Å². The summed E-state index contributed by atoms with van der Waals surface area (Å²) in [6.07, 6.45) is 1.05. The summed E-state index contributed by atoms with van der Waals surface area (Å²) in [6.45, 7) is 10.6. The minimum absolute atomic E-state index is 0.215. The van der Waals surface area contributed by atoms with Gasteiger partial charge >= 0.3 is 0 Å². The third-order valence-corrected chi connectivity index (χ3v) is 2.30. The Kier molecular flexibility index (Phi) is 2.92. The number of rotatable bonds is 3. The minimum Gasteiger partial charge on any atom is -0.100 e. The van der Waals surface area contributed by atoms with Crippen LogP contribution in [0.2, 0.25) is 0 Å². The number of hydrogen-bond acceptors (Lipinski definition) is 0. The van der Waals surface area contributed by atoms with Gasteiger partial charge in [0.25, 0.3) is 0 Å². The van der Waals surface area contributed by atoms with Crippen molar-refractivity contribution in [1.29, 1.82) is 0 Å². The van der Waals surface area contributed by atoms with Crippen molar-refractivity contribution in [3.63, 3.8) is 0 Å². The Morgan fingerprint density at radius 1 is 1.23 bits per heavy atom. The fourth-order valence-corrected chi connectivity index (χ4v) is 1.75. The lowest BCUT2D eigenvalue weighted by Gasteiger charge is -2.25. The normalized spacial score (nSPS) is 11.3. The third kappa shape index (κ3) is 2.73. The van der Waals surface area contributed by atoms with Crippen LogP contribution in [0.4, 0.5) is 0 Å². The molecule has 0 heterocycles. The molecule has 0 aliphatic heterocycles. The highest BCUT2D eigenvalue weighted by Crippen LogP contribution is 2.29. The predicted octanol–water partition coefficient (Wildman–Crippen LogP) is 3.93. The maximum absolute atomic E-state index is 3.97. The van der Waals surface area contributed by atoms with Crippen LogP contribution in [0.1, 0.15) is 32.8 Å². The SMILES string of the molecule is C=C(C)CC(C)(C)c1ccccc1. The van der Waals surface area contributed by atoms with Crippen molar-refractivity contribution in [2.45, 2.75) is 32.6 Å².